The van der Waals surface area contributed by atoms with Crippen molar-refractivity contribution in [3.63, 3.8) is 0 Å². The lowest BCUT2D eigenvalue weighted by Gasteiger charge is -2.36. The Morgan fingerprint density at radius 2 is 1.75 bits per heavy atom. The lowest BCUT2D eigenvalue weighted by molar-refractivity contribution is -0.134. The van der Waals surface area contributed by atoms with Crippen LogP contribution in [0.3, 0.4) is 0 Å². The highest BCUT2D eigenvalue weighted by Gasteiger charge is 2.46. The second kappa shape index (κ2) is 7.24. The van der Waals surface area contributed by atoms with Gasteiger partial charge in [-0.2, -0.15) is 0 Å². The van der Waals surface area contributed by atoms with E-state index in [0.717, 1.165) is 64.6 Å². The van der Waals surface area contributed by atoms with Crippen molar-refractivity contribution in [1.82, 2.24) is 9.80 Å². The van der Waals surface area contributed by atoms with Gasteiger partial charge >= 0.3 is 0 Å². The molecule has 1 amide bonds. The minimum atomic E-state index is 0.239. The summed E-state index contributed by atoms with van der Waals surface area (Å²) in [7, 11) is 0. The van der Waals surface area contributed by atoms with Gasteiger partial charge in [-0.25, -0.2) is 0 Å². The molecule has 0 radical (unpaired) electrons. The predicted molar refractivity (Wildman–Crippen MR) is 93.9 cm³/mol. The third-order valence-corrected chi connectivity index (χ3v) is 5.88. The first kappa shape index (κ1) is 16.1. The highest BCUT2D eigenvalue weighted by atomic mass is 16.5. The number of morpholine rings is 1. The molecule has 4 nitrogen and oxygen atoms in total. The van der Waals surface area contributed by atoms with Crippen molar-refractivity contribution >= 4 is 5.91 Å². The molecule has 24 heavy (non-hydrogen) atoms. The molecule has 0 unspecified atom stereocenters. The average Bonchev–Trinajstić information content (AvgIpc) is 3.44. The van der Waals surface area contributed by atoms with Gasteiger partial charge in [0.1, 0.15) is 0 Å². The smallest absolute Gasteiger partial charge is 0.226 e. The van der Waals surface area contributed by atoms with Crippen LogP contribution in [-0.2, 0) is 9.53 Å². The fraction of sp³-hybridized carbons (Fsp3) is 0.650. The van der Waals surface area contributed by atoms with Gasteiger partial charge in [-0.05, 0) is 36.7 Å². The standard InChI is InChI=1S/C20H28N2O2/c23-20(19-14-18(19)17-4-2-1-3-5-17)22-8-6-16(7-9-22)15-21-10-12-24-13-11-21/h1-5,16,18-19H,6-15H2/t18-,19+/m0/s1. The first-order valence-electron chi connectivity index (χ1n) is 9.45. The summed E-state index contributed by atoms with van der Waals surface area (Å²) >= 11 is 0. The van der Waals surface area contributed by atoms with Crippen molar-refractivity contribution in [2.45, 2.75) is 25.2 Å². The predicted octanol–water partition coefficient (Wildman–Crippen LogP) is 2.36. The topological polar surface area (TPSA) is 32.8 Å². The molecule has 2 aliphatic heterocycles. The molecule has 1 aliphatic carbocycles. The molecular weight excluding hydrogens is 300 g/mol. The number of carbonyl (C=O) groups excluding carboxylic acids is 1. The van der Waals surface area contributed by atoms with Crippen molar-refractivity contribution in [2.75, 3.05) is 45.9 Å². The van der Waals surface area contributed by atoms with E-state index in [2.05, 4.69) is 34.1 Å². The number of piperidine rings is 1. The molecule has 2 saturated heterocycles. The maximum atomic E-state index is 12.7. The third kappa shape index (κ3) is 3.65. The zero-order valence-electron chi connectivity index (χ0n) is 14.4. The highest BCUT2D eigenvalue weighted by Crippen LogP contribution is 2.48. The summed E-state index contributed by atoms with van der Waals surface area (Å²) < 4.78 is 5.42. The number of hydrogen-bond acceptors (Lipinski definition) is 3. The van der Waals surface area contributed by atoms with Gasteiger partial charge in [0.25, 0.3) is 0 Å². The fourth-order valence-corrected chi connectivity index (χ4v) is 4.26. The van der Waals surface area contributed by atoms with E-state index in [4.69, 9.17) is 4.74 Å². The maximum absolute atomic E-state index is 12.7. The van der Waals surface area contributed by atoms with Crippen molar-refractivity contribution in [3.05, 3.63) is 35.9 Å². The van der Waals surface area contributed by atoms with Crippen LogP contribution in [0.1, 0.15) is 30.7 Å². The first-order valence-corrected chi connectivity index (χ1v) is 9.45. The van der Waals surface area contributed by atoms with Crippen LogP contribution >= 0.6 is 0 Å². The lowest BCUT2D eigenvalue weighted by Crippen LogP contribution is -2.44. The summed E-state index contributed by atoms with van der Waals surface area (Å²) in [5, 5.41) is 0. The van der Waals surface area contributed by atoms with Crippen LogP contribution in [0.2, 0.25) is 0 Å². The van der Waals surface area contributed by atoms with Gasteiger partial charge in [0.05, 0.1) is 13.2 Å². The average molecular weight is 328 g/mol. The lowest BCUT2D eigenvalue weighted by atomic mass is 9.95. The molecule has 3 aliphatic rings. The van der Waals surface area contributed by atoms with Crippen LogP contribution in [0.5, 0.6) is 0 Å². The summed E-state index contributed by atoms with van der Waals surface area (Å²) in [6, 6.07) is 10.5. The van der Waals surface area contributed by atoms with Gasteiger partial charge in [0.2, 0.25) is 5.91 Å². The molecule has 1 aromatic rings. The number of likely N-dealkylation sites (tertiary alicyclic amines) is 1. The zero-order chi connectivity index (χ0) is 16.4. The molecule has 0 spiro atoms. The Morgan fingerprint density at radius 1 is 1.04 bits per heavy atom. The molecule has 130 valence electrons. The van der Waals surface area contributed by atoms with Gasteiger partial charge in [0.15, 0.2) is 0 Å². The number of carbonyl (C=O) groups is 1. The number of amides is 1. The molecule has 0 aromatic heterocycles. The first-order chi connectivity index (χ1) is 11.8. The van der Waals surface area contributed by atoms with Crippen LogP contribution in [0.4, 0.5) is 0 Å². The van der Waals surface area contributed by atoms with Gasteiger partial charge < -0.3 is 9.64 Å². The normalized spacial score (nSPS) is 28.8. The fourth-order valence-electron chi connectivity index (χ4n) is 4.26. The van der Waals surface area contributed by atoms with E-state index in [1.807, 2.05) is 6.07 Å². The molecule has 4 rings (SSSR count). The van der Waals surface area contributed by atoms with Crippen molar-refractivity contribution in [3.8, 4) is 0 Å². The summed E-state index contributed by atoms with van der Waals surface area (Å²) in [5.74, 6) is 1.85. The van der Waals surface area contributed by atoms with Crippen LogP contribution in [0.15, 0.2) is 30.3 Å². The molecule has 1 aromatic carbocycles. The van der Waals surface area contributed by atoms with Crippen molar-refractivity contribution in [2.24, 2.45) is 11.8 Å². The van der Waals surface area contributed by atoms with Crippen LogP contribution in [0.25, 0.3) is 0 Å². The number of benzene rings is 1. The Labute approximate surface area is 144 Å². The van der Waals surface area contributed by atoms with E-state index in [1.165, 1.54) is 12.1 Å². The largest absolute Gasteiger partial charge is 0.379 e. The van der Waals surface area contributed by atoms with E-state index in [9.17, 15) is 4.79 Å². The monoisotopic (exact) mass is 328 g/mol. The minimum absolute atomic E-state index is 0.239. The Balaban J connectivity index is 1.23. The maximum Gasteiger partial charge on any atom is 0.226 e. The van der Waals surface area contributed by atoms with E-state index >= 15 is 0 Å². The minimum Gasteiger partial charge on any atom is -0.379 e. The van der Waals surface area contributed by atoms with E-state index < -0.39 is 0 Å². The second-order valence-corrected chi connectivity index (χ2v) is 7.54. The van der Waals surface area contributed by atoms with Gasteiger partial charge in [0, 0.05) is 38.6 Å². The summed E-state index contributed by atoms with van der Waals surface area (Å²) in [4.78, 5) is 17.4. The van der Waals surface area contributed by atoms with Crippen molar-refractivity contribution in [1.29, 1.82) is 0 Å². The molecule has 4 heteroatoms. The molecule has 3 fully saturated rings. The molecule has 0 N–H and O–H groups in total. The third-order valence-electron chi connectivity index (χ3n) is 5.88. The Kier molecular flexibility index (Phi) is 4.86. The van der Waals surface area contributed by atoms with E-state index in [-0.39, 0.29) is 5.92 Å². The van der Waals surface area contributed by atoms with Crippen molar-refractivity contribution < 1.29 is 9.53 Å². The molecule has 2 atom stereocenters. The summed E-state index contributed by atoms with van der Waals surface area (Å²) in [6.07, 6.45) is 3.36. The second-order valence-electron chi connectivity index (χ2n) is 7.54. The summed E-state index contributed by atoms with van der Waals surface area (Å²) in [5.41, 5.74) is 1.33. The Hall–Kier alpha value is -1.39. The Bertz CT molecular complexity index is 548. The molecule has 0 bridgehead atoms. The number of ether oxygens (including phenoxy) is 1. The molecular formula is C20H28N2O2. The van der Waals surface area contributed by atoms with E-state index in [0.29, 0.717) is 11.8 Å². The number of nitrogens with zero attached hydrogens (tertiary/aromatic N) is 2. The number of hydrogen-bond donors (Lipinski definition) is 0. The van der Waals surface area contributed by atoms with Gasteiger partial charge in [-0.3, -0.25) is 9.69 Å². The quantitative estimate of drug-likeness (QED) is 0.851. The SMILES string of the molecule is O=C([C@@H]1C[C@H]1c1ccccc1)N1CCC(CN2CCOCC2)CC1. The van der Waals surface area contributed by atoms with Gasteiger partial charge in [-0.1, -0.05) is 30.3 Å². The molecule has 2 heterocycles. The van der Waals surface area contributed by atoms with Crippen LogP contribution in [-0.4, -0.2) is 61.6 Å². The molecule has 1 saturated carbocycles. The number of rotatable bonds is 4. The highest BCUT2D eigenvalue weighted by molar-refractivity contribution is 5.83. The summed E-state index contributed by atoms with van der Waals surface area (Å²) in [6.45, 7) is 6.97. The van der Waals surface area contributed by atoms with Gasteiger partial charge in [-0.15, -0.1) is 0 Å². The van der Waals surface area contributed by atoms with Crippen LogP contribution < -0.4 is 0 Å². The zero-order valence-corrected chi connectivity index (χ0v) is 14.4. The Morgan fingerprint density at radius 3 is 2.46 bits per heavy atom. The van der Waals surface area contributed by atoms with Crippen LogP contribution in [0, 0.1) is 11.8 Å². The van der Waals surface area contributed by atoms with E-state index in [1.54, 1.807) is 0 Å².